The predicted octanol–water partition coefficient (Wildman–Crippen LogP) is 4.01. The number of rotatable bonds is 9. The van der Waals surface area contributed by atoms with Gasteiger partial charge in [-0.1, -0.05) is 37.3 Å². The fraction of sp³-hybridized carbons (Fsp3) is 0.444. The highest BCUT2D eigenvalue weighted by Crippen LogP contribution is 2.08. The largest absolute Gasteiger partial charge is 0.350 e. The molecule has 1 N–H and O–H groups in total. The zero-order chi connectivity index (χ0) is 14.0. The van der Waals surface area contributed by atoms with Crippen molar-refractivity contribution in [1.82, 2.24) is 9.88 Å². The lowest BCUT2D eigenvalue weighted by Gasteiger charge is -2.10. The Hall–Kier alpha value is -1.54. The van der Waals surface area contributed by atoms with E-state index in [4.69, 9.17) is 0 Å². The van der Waals surface area contributed by atoms with Gasteiger partial charge in [0.25, 0.3) is 0 Å². The zero-order valence-electron chi connectivity index (χ0n) is 12.5. The molecule has 2 nitrogen and oxygen atoms in total. The van der Waals surface area contributed by atoms with E-state index < -0.39 is 0 Å². The maximum Gasteiger partial charge on any atom is 0.0359 e. The van der Waals surface area contributed by atoms with Gasteiger partial charge in [0.1, 0.15) is 0 Å². The normalized spacial score (nSPS) is 10.8. The molecule has 2 heteroatoms. The Kier molecular flexibility index (Phi) is 6.39. The van der Waals surface area contributed by atoms with Crippen LogP contribution in [0.5, 0.6) is 0 Å². The minimum absolute atomic E-state index is 0.986. The third-order valence-electron chi connectivity index (χ3n) is 3.61. The molecule has 1 aromatic heterocycles. The van der Waals surface area contributed by atoms with Crippen LogP contribution in [-0.4, -0.2) is 11.1 Å². The highest BCUT2D eigenvalue weighted by atomic mass is 15.0. The Morgan fingerprint density at radius 1 is 1.00 bits per heavy atom. The van der Waals surface area contributed by atoms with Crippen LogP contribution in [-0.2, 0) is 19.5 Å². The second kappa shape index (κ2) is 8.60. The summed E-state index contributed by atoms with van der Waals surface area (Å²) in [5.41, 5.74) is 2.85. The summed E-state index contributed by atoms with van der Waals surface area (Å²) in [6.07, 6.45) is 7.07. The first-order valence-electron chi connectivity index (χ1n) is 7.79. The number of aryl methyl sites for hydroxylation is 2. The monoisotopic (exact) mass is 270 g/mol. The summed E-state index contributed by atoms with van der Waals surface area (Å²) in [5.74, 6) is 0. The molecule has 0 amide bonds. The number of nitrogens with zero attached hydrogens (tertiary/aromatic N) is 1. The lowest BCUT2D eigenvalue weighted by Crippen LogP contribution is -2.16. The molecule has 20 heavy (non-hydrogen) atoms. The molecule has 0 aliphatic rings. The number of aromatic nitrogens is 1. The Bertz CT molecular complexity index is 473. The molecule has 0 bridgehead atoms. The summed E-state index contributed by atoms with van der Waals surface area (Å²) in [4.78, 5) is 0. The highest BCUT2D eigenvalue weighted by molar-refractivity contribution is 5.14. The van der Waals surface area contributed by atoms with Crippen molar-refractivity contribution in [1.29, 1.82) is 0 Å². The molecule has 0 unspecified atom stereocenters. The van der Waals surface area contributed by atoms with E-state index in [0.717, 1.165) is 19.6 Å². The first-order chi connectivity index (χ1) is 9.90. The van der Waals surface area contributed by atoms with E-state index in [1.165, 1.54) is 36.9 Å². The van der Waals surface area contributed by atoms with Gasteiger partial charge in [-0.15, -0.1) is 0 Å². The van der Waals surface area contributed by atoms with Crippen LogP contribution in [0.1, 0.15) is 37.4 Å². The summed E-state index contributed by atoms with van der Waals surface area (Å²) >= 11 is 0. The molecule has 1 heterocycles. The Morgan fingerprint density at radius 2 is 1.85 bits per heavy atom. The van der Waals surface area contributed by atoms with E-state index in [1.807, 2.05) is 0 Å². The maximum absolute atomic E-state index is 3.47. The predicted molar refractivity (Wildman–Crippen MR) is 85.8 cm³/mol. The van der Waals surface area contributed by atoms with Gasteiger partial charge in [-0.3, -0.25) is 0 Å². The van der Waals surface area contributed by atoms with Crippen LogP contribution in [0.4, 0.5) is 0 Å². The highest BCUT2D eigenvalue weighted by Gasteiger charge is 2.00. The van der Waals surface area contributed by atoms with E-state index in [0.29, 0.717) is 0 Å². The molecule has 2 rings (SSSR count). The summed E-state index contributed by atoms with van der Waals surface area (Å²) in [7, 11) is 0. The minimum atomic E-state index is 0.986. The minimum Gasteiger partial charge on any atom is -0.350 e. The number of hydrogen-bond donors (Lipinski definition) is 1. The van der Waals surface area contributed by atoms with Crippen LogP contribution < -0.4 is 5.32 Å². The van der Waals surface area contributed by atoms with E-state index in [-0.39, 0.29) is 0 Å². The molecule has 0 saturated carbocycles. The van der Waals surface area contributed by atoms with Crippen LogP contribution in [0.25, 0.3) is 0 Å². The van der Waals surface area contributed by atoms with Crippen molar-refractivity contribution >= 4 is 0 Å². The molecule has 0 aliphatic heterocycles. The van der Waals surface area contributed by atoms with Gasteiger partial charge in [0.15, 0.2) is 0 Å². The summed E-state index contributed by atoms with van der Waals surface area (Å²) in [6.45, 7) is 5.41. The van der Waals surface area contributed by atoms with Crippen molar-refractivity contribution in [3.8, 4) is 0 Å². The average Bonchev–Trinajstić information content (AvgIpc) is 2.93. The quantitative estimate of drug-likeness (QED) is 0.681. The lowest BCUT2D eigenvalue weighted by atomic mass is 10.1. The molecule has 1 aromatic carbocycles. The van der Waals surface area contributed by atoms with Crippen LogP contribution in [0, 0.1) is 0 Å². The standard InChI is InChI=1S/C18H26N2/c1-2-13-19-16-18-12-8-15-20(18)14-7-6-11-17-9-4-3-5-10-17/h3-5,8-10,12,15,19H,2,6-7,11,13-14,16H2,1H3. The van der Waals surface area contributed by atoms with Crippen LogP contribution >= 0.6 is 0 Å². The fourth-order valence-electron chi connectivity index (χ4n) is 2.48. The maximum atomic E-state index is 3.47. The van der Waals surface area contributed by atoms with Gasteiger partial charge in [-0.05, 0) is 49.9 Å². The van der Waals surface area contributed by atoms with E-state index in [2.05, 4.69) is 65.5 Å². The van der Waals surface area contributed by atoms with Crippen molar-refractivity contribution < 1.29 is 0 Å². The molecule has 0 aliphatic carbocycles. The first kappa shape index (κ1) is 14.9. The Labute approximate surface area is 122 Å². The van der Waals surface area contributed by atoms with E-state index >= 15 is 0 Å². The number of unbranched alkanes of at least 4 members (excludes halogenated alkanes) is 1. The molecular weight excluding hydrogens is 244 g/mol. The van der Waals surface area contributed by atoms with Gasteiger partial charge >= 0.3 is 0 Å². The van der Waals surface area contributed by atoms with Crippen molar-refractivity contribution in [3.05, 3.63) is 59.9 Å². The van der Waals surface area contributed by atoms with Crippen LogP contribution in [0.2, 0.25) is 0 Å². The van der Waals surface area contributed by atoms with Gasteiger partial charge in [0.2, 0.25) is 0 Å². The van der Waals surface area contributed by atoms with Crippen molar-refractivity contribution in [2.75, 3.05) is 6.54 Å². The van der Waals surface area contributed by atoms with Crippen LogP contribution in [0.3, 0.4) is 0 Å². The second-order valence-electron chi connectivity index (χ2n) is 5.31. The van der Waals surface area contributed by atoms with Crippen molar-refractivity contribution in [2.45, 2.75) is 45.7 Å². The van der Waals surface area contributed by atoms with Crippen LogP contribution in [0.15, 0.2) is 48.7 Å². The average molecular weight is 270 g/mol. The SMILES string of the molecule is CCCNCc1cccn1CCCCc1ccccc1. The summed E-state index contributed by atoms with van der Waals surface area (Å²) in [6, 6.07) is 15.1. The first-order valence-corrected chi connectivity index (χ1v) is 7.79. The smallest absolute Gasteiger partial charge is 0.0359 e. The zero-order valence-corrected chi connectivity index (χ0v) is 12.5. The molecule has 0 fully saturated rings. The Balaban J connectivity index is 1.70. The van der Waals surface area contributed by atoms with E-state index in [9.17, 15) is 0 Å². The van der Waals surface area contributed by atoms with E-state index in [1.54, 1.807) is 0 Å². The molecule has 0 spiro atoms. The third kappa shape index (κ3) is 4.86. The number of benzene rings is 1. The van der Waals surface area contributed by atoms with Gasteiger partial charge in [-0.25, -0.2) is 0 Å². The lowest BCUT2D eigenvalue weighted by molar-refractivity contribution is 0.568. The van der Waals surface area contributed by atoms with Gasteiger partial charge in [0.05, 0.1) is 0 Å². The molecule has 0 radical (unpaired) electrons. The summed E-state index contributed by atoms with van der Waals surface area (Å²) in [5, 5.41) is 3.47. The molecular formula is C18H26N2. The Morgan fingerprint density at radius 3 is 2.65 bits per heavy atom. The second-order valence-corrected chi connectivity index (χ2v) is 5.31. The molecule has 0 atom stereocenters. The summed E-state index contributed by atoms with van der Waals surface area (Å²) < 4.78 is 2.38. The molecule has 2 aromatic rings. The number of nitrogens with one attached hydrogen (secondary N) is 1. The fourth-order valence-corrected chi connectivity index (χ4v) is 2.48. The van der Waals surface area contributed by atoms with Gasteiger partial charge < -0.3 is 9.88 Å². The third-order valence-corrected chi connectivity index (χ3v) is 3.61. The molecule has 0 saturated heterocycles. The van der Waals surface area contributed by atoms with Gasteiger partial charge in [0, 0.05) is 25.0 Å². The van der Waals surface area contributed by atoms with Gasteiger partial charge in [-0.2, -0.15) is 0 Å². The van der Waals surface area contributed by atoms with Crippen molar-refractivity contribution in [3.63, 3.8) is 0 Å². The van der Waals surface area contributed by atoms with Crippen molar-refractivity contribution in [2.24, 2.45) is 0 Å². The topological polar surface area (TPSA) is 17.0 Å². The molecule has 108 valence electrons. The number of hydrogen-bond acceptors (Lipinski definition) is 1.